The number of hydrogen-bond donors (Lipinski definition) is 3. The number of amides is 3. The van der Waals surface area contributed by atoms with Crippen molar-refractivity contribution >= 4 is 69.5 Å². The van der Waals surface area contributed by atoms with Crippen LogP contribution in [0, 0.1) is 10.5 Å². The Hall–Kier alpha value is -3.89. The molecular formula is C31H26IN3O3S. The van der Waals surface area contributed by atoms with Crippen molar-refractivity contribution < 1.29 is 14.4 Å². The van der Waals surface area contributed by atoms with Gasteiger partial charge in [0.25, 0.3) is 11.8 Å². The Morgan fingerprint density at radius 1 is 0.769 bits per heavy atom. The molecule has 8 heteroatoms. The van der Waals surface area contributed by atoms with Crippen LogP contribution in [0.5, 0.6) is 0 Å². The van der Waals surface area contributed by atoms with Crippen LogP contribution >= 0.6 is 34.4 Å². The van der Waals surface area contributed by atoms with Crippen LogP contribution < -0.4 is 16.0 Å². The van der Waals surface area contributed by atoms with E-state index in [9.17, 15) is 14.4 Å². The van der Waals surface area contributed by atoms with Gasteiger partial charge in [-0.3, -0.25) is 14.4 Å². The van der Waals surface area contributed by atoms with E-state index >= 15 is 0 Å². The summed E-state index contributed by atoms with van der Waals surface area (Å²) in [6.45, 7) is 1.94. The normalized spacial score (nSPS) is 11.0. The van der Waals surface area contributed by atoms with Gasteiger partial charge in [0.1, 0.15) is 5.70 Å². The number of benzene rings is 4. The Labute approximate surface area is 245 Å². The Morgan fingerprint density at radius 3 is 2.08 bits per heavy atom. The number of aryl methyl sites for hydroxylation is 1. The largest absolute Gasteiger partial charge is 0.325 e. The molecule has 0 bridgehead atoms. The Bertz CT molecular complexity index is 1490. The van der Waals surface area contributed by atoms with Gasteiger partial charge < -0.3 is 16.0 Å². The number of hydrogen-bond acceptors (Lipinski definition) is 4. The quantitative estimate of drug-likeness (QED) is 0.107. The van der Waals surface area contributed by atoms with Crippen LogP contribution in [0.3, 0.4) is 0 Å². The molecule has 4 rings (SSSR count). The topological polar surface area (TPSA) is 87.3 Å². The van der Waals surface area contributed by atoms with Crippen molar-refractivity contribution in [1.82, 2.24) is 5.32 Å². The third-order valence-electron chi connectivity index (χ3n) is 5.63. The molecule has 0 fully saturated rings. The summed E-state index contributed by atoms with van der Waals surface area (Å²) in [6.07, 6.45) is 1.67. The predicted molar refractivity (Wildman–Crippen MR) is 167 cm³/mol. The molecule has 39 heavy (non-hydrogen) atoms. The summed E-state index contributed by atoms with van der Waals surface area (Å²) < 4.78 is 1.10. The Balaban J connectivity index is 1.40. The van der Waals surface area contributed by atoms with Gasteiger partial charge in [0.15, 0.2) is 0 Å². The number of halogens is 1. The van der Waals surface area contributed by atoms with E-state index < -0.39 is 5.91 Å². The van der Waals surface area contributed by atoms with Gasteiger partial charge in [-0.1, -0.05) is 42.5 Å². The molecule has 0 spiro atoms. The second-order valence-electron chi connectivity index (χ2n) is 8.56. The van der Waals surface area contributed by atoms with Gasteiger partial charge >= 0.3 is 0 Å². The second kappa shape index (κ2) is 13.8. The molecule has 0 aromatic heterocycles. The first kappa shape index (κ1) is 28.1. The van der Waals surface area contributed by atoms with Crippen LogP contribution in [0.15, 0.2) is 114 Å². The van der Waals surface area contributed by atoms with Crippen LogP contribution in [0.1, 0.15) is 21.5 Å². The number of anilines is 2. The minimum atomic E-state index is -0.445. The summed E-state index contributed by atoms with van der Waals surface area (Å²) in [5.41, 5.74) is 3.71. The van der Waals surface area contributed by atoms with Crippen LogP contribution in [-0.2, 0) is 9.59 Å². The van der Waals surface area contributed by atoms with E-state index in [1.807, 2.05) is 73.7 Å². The molecule has 0 aliphatic rings. The van der Waals surface area contributed by atoms with E-state index in [0.717, 1.165) is 25.3 Å². The van der Waals surface area contributed by atoms with Gasteiger partial charge in [0, 0.05) is 25.4 Å². The molecular weight excluding hydrogens is 621 g/mol. The average molecular weight is 648 g/mol. The van der Waals surface area contributed by atoms with E-state index in [1.165, 1.54) is 11.8 Å². The highest BCUT2D eigenvalue weighted by Gasteiger charge is 2.15. The summed E-state index contributed by atoms with van der Waals surface area (Å²) >= 11 is 3.62. The molecule has 0 aliphatic heterocycles. The zero-order valence-electron chi connectivity index (χ0n) is 21.1. The molecule has 0 heterocycles. The van der Waals surface area contributed by atoms with Gasteiger partial charge in [-0.15, -0.1) is 11.8 Å². The van der Waals surface area contributed by atoms with Gasteiger partial charge in [-0.05, 0) is 107 Å². The molecule has 0 saturated carbocycles. The highest BCUT2D eigenvalue weighted by atomic mass is 127. The zero-order valence-corrected chi connectivity index (χ0v) is 24.1. The first-order chi connectivity index (χ1) is 18.9. The SMILES string of the molecule is Cc1ccccc1/C=C(\NC(=O)c1ccccc1)C(=O)Nc1ccc(SCC(=O)Nc2ccc(I)cc2)cc1. The first-order valence-electron chi connectivity index (χ1n) is 12.1. The van der Waals surface area contributed by atoms with Crippen molar-refractivity contribution in [3.63, 3.8) is 0 Å². The van der Waals surface area contributed by atoms with E-state index in [1.54, 1.807) is 42.5 Å². The molecule has 0 radical (unpaired) electrons. The van der Waals surface area contributed by atoms with Gasteiger partial charge in [-0.2, -0.15) is 0 Å². The molecule has 3 N–H and O–H groups in total. The first-order valence-corrected chi connectivity index (χ1v) is 14.2. The lowest BCUT2D eigenvalue weighted by atomic mass is 10.1. The van der Waals surface area contributed by atoms with Crippen molar-refractivity contribution in [2.45, 2.75) is 11.8 Å². The lowest BCUT2D eigenvalue weighted by Gasteiger charge is -2.12. The molecule has 0 aliphatic carbocycles. The number of carbonyl (C=O) groups is 3. The fraction of sp³-hybridized carbons (Fsp3) is 0.0645. The molecule has 6 nitrogen and oxygen atoms in total. The van der Waals surface area contributed by atoms with Crippen molar-refractivity contribution in [2.24, 2.45) is 0 Å². The Morgan fingerprint density at radius 2 is 1.38 bits per heavy atom. The van der Waals surface area contributed by atoms with E-state index in [0.29, 0.717) is 11.3 Å². The van der Waals surface area contributed by atoms with E-state index in [4.69, 9.17) is 0 Å². The van der Waals surface area contributed by atoms with Crippen molar-refractivity contribution in [2.75, 3.05) is 16.4 Å². The molecule has 0 atom stereocenters. The summed E-state index contributed by atoms with van der Waals surface area (Å²) in [7, 11) is 0. The summed E-state index contributed by atoms with van der Waals surface area (Å²) in [6, 6.07) is 31.2. The van der Waals surface area contributed by atoms with Gasteiger partial charge in [0.2, 0.25) is 5.91 Å². The third-order valence-corrected chi connectivity index (χ3v) is 7.36. The molecule has 196 valence electrons. The van der Waals surface area contributed by atoms with Crippen LogP contribution in [0.4, 0.5) is 11.4 Å². The van der Waals surface area contributed by atoms with Crippen LogP contribution in [-0.4, -0.2) is 23.5 Å². The minimum absolute atomic E-state index is 0.0984. The minimum Gasteiger partial charge on any atom is -0.325 e. The standard InChI is InChI=1S/C31H26IN3O3S/c1-21-7-5-6-10-23(21)19-28(35-30(37)22-8-3-2-4-9-22)31(38)34-26-15-17-27(18-16-26)39-20-29(36)33-25-13-11-24(32)12-14-25/h2-19H,20H2,1H3,(H,33,36)(H,34,38)(H,35,37)/b28-19-. The number of rotatable bonds is 9. The molecule has 4 aromatic carbocycles. The monoisotopic (exact) mass is 647 g/mol. The molecule has 0 unspecified atom stereocenters. The van der Waals surface area contributed by atoms with Crippen LogP contribution in [0.2, 0.25) is 0 Å². The van der Waals surface area contributed by atoms with E-state index in [-0.39, 0.29) is 23.3 Å². The fourth-order valence-corrected chi connectivity index (χ4v) is 4.62. The summed E-state index contributed by atoms with van der Waals surface area (Å²) in [5.74, 6) is -0.661. The lowest BCUT2D eigenvalue weighted by Crippen LogP contribution is -2.30. The summed E-state index contributed by atoms with van der Waals surface area (Å²) in [5, 5.41) is 8.49. The lowest BCUT2D eigenvalue weighted by molar-refractivity contribution is -0.114. The van der Waals surface area contributed by atoms with Crippen LogP contribution in [0.25, 0.3) is 6.08 Å². The fourth-order valence-electron chi connectivity index (χ4n) is 3.56. The maximum atomic E-state index is 13.2. The van der Waals surface area contributed by atoms with Gasteiger partial charge in [0.05, 0.1) is 5.75 Å². The van der Waals surface area contributed by atoms with E-state index in [2.05, 4.69) is 38.5 Å². The molecule has 3 amide bonds. The number of nitrogens with one attached hydrogen (secondary N) is 3. The zero-order chi connectivity index (χ0) is 27.6. The smallest absolute Gasteiger partial charge is 0.272 e. The number of carbonyl (C=O) groups excluding carboxylic acids is 3. The Kier molecular flexibility index (Phi) is 9.93. The average Bonchev–Trinajstić information content (AvgIpc) is 2.95. The second-order valence-corrected chi connectivity index (χ2v) is 10.9. The van der Waals surface area contributed by atoms with Gasteiger partial charge in [-0.25, -0.2) is 0 Å². The van der Waals surface area contributed by atoms with Crippen molar-refractivity contribution in [3.05, 3.63) is 129 Å². The summed E-state index contributed by atoms with van der Waals surface area (Å²) in [4.78, 5) is 39.2. The highest BCUT2D eigenvalue weighted by Crippen LogP contribution is 2.22. The third kappa shape index (κ3) is 8.56. The predicted octanol–water partition coefficient (Wildman–Crippen LogP) is 6.74. The van der Waals surface area contributed by atoms with Crippen molar-refractivity contribution in [1.29, 1.82) is 0 Å². The molecule has 4 aromatic rings. The number of thioether (sulfide) groups is 1. The van der Waals surface area contributed by atoms with Crippen molar-refractivity contribution in [3.8, 4) is 0 Å². The maximum Gasteiger partial charge on any atom is 0.272 e. The highest BCUT2D eigenvalue weighted by molar-refractivity contribution is 14.1. The maximum absolute atomic E-state index is 13.2. The molecule has 0 saturated heterocycles.